The number of thiazole rings is 1. The van der Waals surface area contributed by atoms with Crippen LogP contribution in [0.3, 0.4) is 0 Å². The van der Waals surface area contributed by atoms with E-state index in [0.717, 1.165) is 39.7 Å². The fourth-order valence-corrected chi connectivity index (χ4v) is 5.26. The number of para-hydroxylation sites is 1. The molecular weight excluding hydrogens is 446 g/mol. The molecule has 32 heavy (non-hydrogen) atoms. The van der Waals surface area contributed by atoms with Gasteiger partial charge >= 0.3 is 0 Å². The smallest absolute Gasteiger partial charge is 0.236 e. The van der Waals surface area contributed by atoms with E-state index in [1.165, 1.54) is 23.1 Å². The largest absolute Gasteiger partial charge is 0.486 e. The average molecular weight is 466 g/mol. The third-order valence-electron chi connectivity index (χ3n) is 5.25. The Morgan fingerprint density at radius 3 is 2.69 bits per heavy atom. The quantitative estimate of drug-likeness (QED) is 0.426. The molecule has 0 bridgehead atoms. The summed E-state index contributed by atoms with van der Waals surface area (Å²) in [7, 11) is 0. The highest BCUT2D eigenvalue weighted by Gasteiger charge is 2.31. The average Bonchev–Trinajstić information content (AvgIpc) is 3.45. The number of benzene rings is 2. The van der Waals surface area contributed by atoms with Crippen molar-refractivity contribution < 1.29 is 14.3 Å². The molecule has 162 valence electrons. The Labute approximate surface area is 192 Å². The van der Waals surface area contributed by atoms with Crippen LogP contribution in [0.15, 0.2) is 47.6 Å². The molecule has 1 aliphatic heterocycles. The van der Waals surface area contributed by atoms with Gasteiger partial charge in [0.25, 0.3) is 0 Å². The van der Waals surface area contributed by atoms with Gasteiger partial charge in [0.1, 0.15) is 19.0 Å². The molecule has 8 nitrogen and oxygen atoms in total. The normalized spacial score (nSPS) is 15.1. The van der Waals surface area contributed by atoms with Crippen molar-refractivity contribution in [3.05, 3.63) is 48.3 Å². The first-order chi connectivity index (χ1) is 15.7. The van der Waals surface area contributed by atoms with Gasteiger partial charge in [0.05, 0.1) is 16.0 Å². The number of nitrogens with one attached hydrogen (secondary N) is 1. The number of fused-ring (bicyclic) bond motifs is 2. The minimum atomic E-state index is -0.137. The van der Waals surface area contributed by atoms with Crippen molar-refractivity contribution in [2.24, 2.45) is 0 Å². The molecule has 3 heterocycles. The summed E-state index contributed by atoms with van der Waals surface area (Å²) in [6.07, 6.45) is 2.26. The van der Waals surface area contributed by atoms with E-state index >= 15 is 0 Å². The second kappa shape index (κ2) is 8.10. The molecular formula is C22H19N5O3S2. The van der Waals surface area contributed by atoms with Gasteiger partial charge in [0, 0.05) is 23.7 Å². The van der Waals surface area contributed by atoms with Crippen LogP contribution in [0.1, 0.15) is 24.6 Å². The minimum Gasteiger partial charge on any atom is -0.486 e. The Morgan fingerprint density at radius 1 is 1.12 bits per heavy atom. The lowest BCUT2D eigenvalue weighted by molar-refractivity contribution is -0.113. The number of thioether (sulfide) groups is 1. The molecule has 2 aromatic carbocycles. The number of carbonyl (C=O) groups excluding carboxylic acids is 1. The van der Waals surface area contributed by atoms with E-state index in [-0.39, 0.29) is 11.7 Å². The van der Waals surface area contributed by atoms with Gasteiger partial charge in [-0.15, -0.1) is 10.2 Å². The third kappa shape index (κ3) is 3.80. The molecule has 0 saturated heterocycles. The van der Waals surface area contributed by atoms with E-state index in [9.17, 15) is 4.79 Å². The van der Waals surface area contributed by atoms with Crippen LogP contribution in [0.25, 0.3) is 15.9 Å². The van der Waals surface area contributed by atoms with Crippen molar-refractivity contribution in [3.8, 4) is 17.2 Å². The van der Waals surface area contributed by atoms with Gasteiger partial charge in [-0.3, -0.25) is 9.36 Å². The van der Waals surface area contributed by atoms with Crippen molar-refractivity contribution in [1.82, 2.24) is 19.7 Å². The summed E-state index contributed by atoms with van der Waals surface area (Å²) < 4.78 is 14.2. The summed E-state index contributed by atoms with van der Waals surface area (Å²) in [6, 6.07) is 13.8. The van der Waals surface area contributed by atoms with Crippen LogP contribution >= 0.6 is 23.1 Å². The van der Waals surface area contributed by atoms with Crippen molar-refractivity contribution >= 4 is 44.4 Å². The van der Waals surface area contributed by atoms with Crippen LogP contribution in [0.4, 0.5) is 5.13 Å². The number of nitrogens with zero attached hydrogens (tertiary/aromatic N) is 4. The highest BCUT2D eigenvalue weighted by Crippen LogP contribution is 2.41. The van der Waals surface area contributed by atoms with E-state index < -0.39 is 0 Å². The maximum atomic E-state index is 12.6. The molecule has 6 rings (SSSR count). The predicted molar refractivity (Wildman–Crippen MR) is 123 cm³/mol. The van der Waals surface area contributed by atoms with Gasteiger partial charge in [0.15, 0.2) is 21.8 Å². The zero-order valence-electron chi connectivity index (χ0n) is 17.0. The van der Waals surface area contributed by atoms with E-state index in [2.05, 4.69) is 25.1 Å². The SMILES string of the molecule is O=C(CSc1nnc(C2CC2)n1-c1ccccc1)Nc1nc2cc3c(cc2s1)OCCO3. The zero-order valence-corrected chi connectivity index (χ0v) is 18.6. The van der Waals surface area contributed by atoms with Crippen molar-refractivity contribution in [1.29, 1.82) is 0 Å². The lowest BCUT2D eigenvalue weighted by atomic mass is 10.3. The van der Waals surface area contributed by atoms with Crippen LogP contribution in [0.2, 0.25) is 0 Å². The number of ether oxygens (including phenoxy) is 2. The molecule has 0 unspecified atom stereocenters. The predicted octanol–water partition coefficient (Wildman–Crippen LogP) is 4.26. The van der Waals surface area contributed by atoms with Gasteiger partial charge < -0.3 is 14.8 Å². The van der Waals surface area contributed by atoms with Crippen molar-refractivity contribution in [3.63, 3.8) is 0 Å². The van der Waals surface area contributed by atoms with Crippen LogP contribution in [0, 0.1) is 0 Å². The summed E-state index contributed by atoms with van der Waals surface area (Å²) in [4.78, 5) is 17.2. The van der Waals surface area contributed by atoms with Gasteiger partial charge in [0.2, 0.25) is 5.91 Å². The number of anilines is 1. The van der Waals surface area contributed by atoms with Crippen LogP contribution in [-0.4, -0.2) is 44.6 Å². The van der Waals surface area contributed by atoms with Gasteiger partial charge in [-0.05, 0) is 25.0 Å². The summed E-state index contributed by atoms with van der Waals surface area (Å²) >= 11 is 2.79. The molecule has 0 atom stereocenters. The Kier molecular flexibility index (Phi) is 4.95. The number of hydrogen-bond donors (Lipinski definition) is 1. The first-order valence-electron chi connectivity index (χ1n) is 10.4. The number of hydrogen-bond acceptors (Lipinski definition) is 8. The molecule has 0 radical (unpaired) electrons. The van der Waals surface area contributed by atoms with Crippen LogP contribution in [-0.2, 0) is 4.79 Å². The molecule has 4 aromatic rings. The second-order valence-corrected chi connectivity index (χ2v) is 9.58. The van der Waals surface area contributed by atoms with E-state index in [1.807, 2.05) is 42.5 Å². The fourth-order valence-electron chi connectivity index (χ4n) is 3.60. The van der Waals surface area contributed by atoms with Crippen LogP contribution < -0.4 is 14.8 Å². The maximum Gasteiger partial charge on any atom is 0.236 e. The Balaban J connectivity index is 1.17. The molecule has 2 aromatic heterocycles. The Morgan fingerprint density at radius 2 is 1.91 bits per heavy atom. The van der Waals surface area contributed by atoms with Gasteiger partial charge in [-0.1, -0.05) is 41.3 Å². The van der Waals surface area contributed by atoms with Crippen molar-refractivity contribution in [2.75, 3.05) is 24.3 Å². The Bertz CT molecular complexity index is 1260. The standard InChI is InChI=1S/C22H19N5O3S2/c28-19(24-21-23-15-10-16-17(11-18(15)32-21)30-9-8-29-16)12-31-22-26-25-20(13-6-7-13)27(22)14-4-2-1-3-5-14/h1-5,10-11,13H,6-9,12H2,(H,23,24,28). The molecule has 1 N–H and O–H groups in total. The van der Waals surface area contributed by atoms with Crippen molar-refractivity contribution in [2.45, 2.75) is 23.9 Å². The number of aromatic nitrogens is 4. The highest BCUT2D eigenvalue weighted by atomic mass is 32.2. The number of amides is 1. The number of rotatable bonds is 6. The fraction of sp³-hybridized carbons (Fsp3) is 0.273. The second-order valence-electron chi connectivity index (χ2n) is 7.61. The first kappa shape index (κ1) is 19.6. The van der Waals surface area contributed by atoms with E-state index in [4.69, 9.17) is 9.47 Å². The maximum absolute atomic E-state index is 12.6. The highest BCUT2D eigenvalue weighted by molar-refractivity contribution is 7.99. The molecule has 10 heteroatoms. The minimum absolute atomic E-state index is 0.137. The number of carbonyl (C=O) groups is 1. The topological polar surface area (TPSA) is 91.2 Å². The molecule has 1 amide bonds. The molecule has 2 aliphatic rings. The monoisotopic (exact) mass is 465 g/mol. The van der Waals surface area contributed by atoms with E-state index in [1.54, 1.807) is 0 Å². The summed E-state index contributed by atoms with van der Waals surface area (Å²) in [5.41, 5.74) is 1.79. The first-order valence-corrected chi connectivity index (χ1v) is 12.2. The van der Waals surface area contributed by atoms with Crippen LogP contribution in [0.5, 0.6) is 11.5 Å². The zero-order chi connectivity index (χ0) is 21.5. The van der Waals surface area contributed by atoms with Gasteiger partial charge in [-0.25, -0.2) is 4.98 Å². The Hall–Kier alpha value is -3.11. The lowest BCUT2D eigenvalue weighted by Gasteiger charge is -2.17. The molecule has 1 aliphatic carbocycles. The summed E-state index contributed by atoms with van der Waals surface area (Å²) in [5, 5.41) is 13.0. The third-order valence-corrected chi connectivity index (χ3v) is 7.11. The molecule has 1 saturated carbocycles. The molecule has 1 fully saturated rings. The van der Waals surface area contributed by atoms with E-state index in [0.29, 0.717) is 35.8 Å². The molecule has 0 spiro atoms. The summed E-state index contributed by atoms with van der Waals surface area (Å²) in [6.45, 7) is 1.06. The summed E-state index contributed by atoms with van der Waals surface area (Å²) in [5.74, 6) is 2.91. The van der Waals surface area contributed by atoms with Gasteiger partial charge in [-0.2, -0.15) is 0 Å². The lowest BCUT2D eigenvalue weighted by Crippen LogP contribution is -2.15.